The molecule has 2 unspecified atom stereocenters. The minimum Gasteiger partial charge on any atom is -0.370 e. The summed E-state index contributed by atoms with van der Waals surface area (Å²) in [5, 5.41) is 17.5. The van der Waals surface area contributed by atoms with Crippen molar-refractivity contribution in [1.29, 1.82) is 0 Å². The molecule has 0 aliphatic heterocycles. The summed E-state index contributed by atoms with van der Waals surface area (Å²) >= 11 is 0. The average Bonchev–Trinajstić information content (AvgIpc) is 2.45. The number of aliphatic hydroxyl groups excluding tert-OH is 1. The zero-order valence-electron chi connectivity index (χ0n) is 14.8. The van der Waals surface area contributed by atoms with Crippen LogP contribution < -0.4 is 10.9 Å². The van der Waals surface area contributed by atoms with Gasteiger partial charge in [0.2, 0.25) is 0 Å². The van der Waals surface area contributed by atoms with Gasteiger partial charge in [0, 0.05) is 12.5 Å². The van der Waals surface area contributed by atoms with Crippen LogP contribution in [-0.4, -0.2) is 35.2 Å². The van der Waals surface area contributed by atoms with Crippen LogP contribution in [0.5, 0.6) is 0 Å². The fourth-order valence-electron chi connectivity index (χ4n) is 1.88. The monoisotopic (exact) mass is 314 g/mol. The summed E-state index contributed by atoms with van der Waals surface area (Å²) < 4.78 is 0. The molecule has 6 nitrogen and oxygen atoms in total. The highest BCUT2D eigenvalue weighted by Gasteiger charge is 2.18. The summed E-state index contributed by atoms with van der Waals surface area (Å²) in [6.07, 6.45) is 3.71. The molecule has 0 aliphatic rings. The Labute approximate surface area is 135 Å². The van der Waals surface area contributed by atoms with Crippen LogP contribution in [0.3, 0.4) is 0 Å². The number of hydrogen-bond acceptors (Lipinski definition) is 6. The minimum absolute atomic E-state index is 0.0925. The van der Waals surface area contributed by atoms with Crippen molar-refractivity contribution in [2.45, 2.75) is 97.5 Å². The number of nitrogens with one attached hydrogen (secondary N) is 2. The second kappa shape index (κ2) is 12.7. The van der Waals surface area contributed by atoms with Crippen LogP contribution in [0, 0.1) is 0 Å². The Morgan fingerprint density at radius 3 is 2.27 bits per heavy atom. The van der Waals surface area contributed by atoms with Crippen LogP contribution >= 0.6 is 0 Å². The van der Waals surface area contributed by atoms with Crippen molar-refractivity contribution >= 4 is 5.78 Å². The maximum Gasteiger partial charge on any atom is 0.165 e. The molecule has 0 saturated heterocycles. The molecule has 6 heteroatoms. The number of ketones is 1. The molecule has 0 saturated carbocycles. The minimum atomic E-state index is -0.771. The fourth-order valence-corrected chi connectivity index (χ4v) is 1.88. The number of rotatable bonds is 13. The van der Waals surface area contributed by atoms with Crippen LogP contribution in [0.25, 0.3) is 0 Å². The maximum atomic E-state index is 12.2. The normalized spacial score (nSPS) is 14.9. The number of carbonyl (C=O) groups is 1. The van der Waals surface area contributed by atoms with Crippen molar-refractivity contribution in [3.63, 3.8) is 0 Å². The van der Waals surface area contributed by atoms with Crippen molar-refractivity contribution in [1.82, 2.24) is 10.9 Å². The zero-order valence-corrected chi connectivity index (χ0v) is 14.8. The van der Waals surface area contributed by atoms with Gasteiger partial charge in [-0.25, -0.2) is 5.43 Å². The third-order valence-corrected chi connectivity index (χ3v) is 3.10. The SMILES string of the molecule is CCCCC(=O)C(CCCC(O)N=NC(C)C)NNC(C)C. The number of nitrogens with zero attached hydrogens (tertiary/aromatic N) is 2. The molecular weight excluding hydrogens is 280 g/mol. The summed E-state index contributed by atoms with van der Waals surface area (Å²) in [5.74, 6) is 0.230. The van der Waals surface area contributed by atoms with Gasteiger partial charge in [0.1, 0.15) is 0 Å². The first-order chi connectivity index (χ1) is 10.4. The van der Waals surface area contributed by atoms with E-state index >= 15 is 0 Å². The van der Waals surface area contributed by atoms with E-state index in [0.717, 1.165) is 19.3 Å². The van der Waals surface area contributed by atoms with Gasteiger partial charge in [-0.05, 0) is 53.4 Å². The molecule has 0 bridgehead atoms. The number of unbranched alkanes of at least 4 members (excludes halogenated alkanes) is 1. The van der Waals surface area contributed by atoms with Crippen LogP contribution in [-0.2, 0) is 4.79 Å². The van der Waals surface area contributed by atoms with Crippen molar-refractivity contribution in [2.75, 3.05) is 0 Å². The van der Waals surface area contributed by atoms with Gasteiger partial charge in [0.05, 0.1) is 12.1 Å². The highest BCUT2D eigenvalue weighted by molar-refractivity contribution is 5.83. The molecule has 2 atom stereocenters. The Morgan fingerprint density at radius 1 is 1.05 bits per heavy atom. The van der Waals surface area contributed by atoms with Gasteiger partial charge >= 0.3 is 0 Å². The van der Waals surface area contributed by atoms with E-state index in [1.807, 2.05) is 27.7 Å². The number of Topliss-reactive ketones (excluding diaryl/α,β-unsaturated/α-hetero) is 1. The van der Waals surface area contributed by atoms with E-state index < -0.39 is 6.23 Å². The lowest BCUT2D eigenvalue weighted by atomic mass is 10.0. The topological polar surface area (TPSA) is 86.1 Å². The molecule has 0 fully saturated rings. The van der Waals surface area contributed by atoms with Crippen LogP contribution in [0.2, 0.25) is 0 Å². The molecule has 0 radical (unpaired) electrons. The zero-order chi connectivity index (χ0) is 17.0. The molecule has 0 rings (SSSR count). The molecule has 22 heavy (non-hydrogen) atoms. The van der Waals surface area contributed by atoms with Gasteiger partial charge in [-0.1, -0.05) is 13.3 Å². The maximum absolute atomic E-state index is 12.2. The van der Waals surface area contributed by atoms with E-state index in [4.69, 9.17) is 0 Å². The van der Waals surface area contributed by atoms with E-state index in [1.54, 1.807) is 0 Å². The first kappa shape index (κ1) is 21.1. The summed E-state index contributed by atoms with van der Waals surface area (Å²) in [4.78, 5) is 12.2. The van der Waals surface area contributed by atoms with E-state index in [-0.39, 0.29) is 23.9 Å². The number of hydrogen-bond donors (Lipinski definition) is 3. The van der Waals surface area contributed by atoms with Crippen molar-refractivity contribution in [3.05, 3.63) is 0 Å². The molecule has 0 aromatic rings. The van der Waals surface area contributed by atoms with Crippen molar-refractivity contribution in [2.24, 2.45) is 10.2 Å². The van der Waals surface area contributed by atoms with Crippen LogP contribution in [0.15, 0.2) is 10.2 Å². The molecule has 0 aliphatic carbocycles. The molecule has 0 amide bonds. The van der Waals surface area contributed by atoms with Crippen LogP contribution in [0.4, 0.5) is 0 Å². The lowest BCUT2D eigenvalue weighted by Crippen LogP contribution is -2.48. The van der Waals surface area contributed by atoms with E-state index in [9.17, 15) is 9.90 Å². The molecular formula is C16H34N4O2. The highest BCUT2D eigenvalue weighted by atomic mass is 16.3. The third kappa shape index (κ3) is 11.8. The Balaban J connectivity index is 4.24. The number of carbonyl (C=O) groups excluding carboxylic acids is 1. The first-order valence-electron chi connectivity index (χ1n) is 8.48. The molecule has 0 spiro atoms. The predicted octanol–water partition coefficient (Wildman–Crippen LogP) is 2.97. The Kier molecular flexibility index (Phi) is 12.2. The number of hydrazine groups is 1. The molecule has 130 valence electrons. The lowest BCUT2D eigenvalue weighted by molar-refractivity contribution is -0.121. The van der Waals surface area contributed by atoms with Gasteiger partial charge in [0.25, 0.3) is 0 Å². The summed E-state index contributed by atoms with van der Waals surface area (Å²) in [6.45, 7) is 9.96. The molecule has 3 N–H and O–H groups in total. The van der Waals surface area contributed by atoms with Gasteiger partial charge in [0.15, 0.2) is 12.0 Å². The summed E-state index contributed by atoms with van der Waals surface area (Å²) in [6, 6.07) is 0.157. The van der Waals surface area contributed by atoms with Crippen molar-refractivity contribution < 1.29 is 9.90 Å². The second-order valence-electron chi connectivity index (χ2n) is 6.30. The largest absolute Gasteiger partial charge is 0.370 e. The Morgan fingerprint density at radius 2 is 1.73 bits per heavy atom. The molecule has 0 heterocycles. The summed E-state index contributed by atoms with van der Waals surface area (Å²) in [5.41, 5.74) is 6.22. The molecule has 0 aromatic carbocycles. The van der Waals surface area contributed by atoms with Crippen LogP contribution in [0.1, 0.15) is 73.1 Å². The van der Waals surface area contributed by atoms with Gasteiger partial charge in [-0.15, -0.1) is 0 Å². The van der Waals surface area contributed by atoms with E-state index in [2.05, 4.69) is 28.0 Å². The predicted molar refractivity (Wildman–Crippen MR) is 89.6 cm³/mol. The quantitative estimate of drug-likeness (QED) is 0.360. The van der Waals surface area contributed by atoms with Crippen molar-refractivity contribution in [3.8, 4) is 0 Å². The standard InChI is InChI=1S/C16H34N4O2/c1-6-7-10-15(21)14(19-17-12(2)3)9-8-11-16(22)20-18-13(4)5/h12-14,16-17,19,22H,6-11H2,1-5H3. The third-order valence-electron chi connectivity index (χ3n) is 3.10. The summed E-state index contributed by atoms with van der Waals surface area (Å²) in [7, 11) is 0. The average molecular weight is 314 g/mol. The number of azo groups is 1. The molecule has 0 aromatic heterocycles. The second-order valence-corrected chi connectivity index (χ2v) is 6.30. The first-order valence-corrected chi connectivity index (χ1v) is 8.48. The lowest BCUT2D eigenvalue weighted by Gasteiger charge is -2.20. The smallest absolute Gasteiger partial charge is 0.165 e. The van der Waals surface area contributed by atoms with Gasteiger partial charge in [-0.3, -0.25) is 10.2 Å². The Hall–Kier alpha value is -0.850. The number of aliphatic hydroxyl groups is 1. The Bertz CT molecular complexity index is 319. The highest BCUT2D eigenvalue weighted by Crippen LogP contribution is 2.09. The van der Waals surface area contributed by atoms with Gasteiger partial charge in [-0.2, -0.15) is 10.2 Å². The van der Waals surface area contributed by atoms with E-state index in [1.165, 1.54) is 0 Å². The van der Waals surface area contributed by atoms with E-state index in [0.29, 0.717) is 19.3 Å². The van der Waals surface area contributed by atoms with Gasteiger partial charge < -0.3 is 5.11 Å². The fraction of sp³-hybridized carbons (Fsp3) is 0.938.